The van der Waals surface area contributed by atoms with Gasteiger partial charge in [0, 0.05) is 17.4 Å². The van der Waals surface area contributed by atoms with Gasteiger partial charge in [-0.15, -0.1) is 0 Å². The van der Waals surface area contributed by atoms with E-state index >= 15 is 0 Å². The maximum absolute atomic E-state index is 11.9. The Balaban J connectivity index is 1.78. The summed E-state index contributed by atoms with van der Waals surface area (Å²) in [6.07, 6.45) is 5.97. The van der Waals surface area contributed by atoms with E-state index in [1.165, 1.54) is 24.6 Å². The molecule has 0 atom stereocenters. The van der Waals surface area contributed by atoms with E-state index in [1.54, 1.807) is 6.07 Å². The molecular weight excluding hydrogens is 354 g/mol. The van der Waals surface area contributed by atoms with Gasteiger partial charge in [0.1, 0.15) is 11.3 Å². The number of aromatic hydroxyl groups is 1. The standard InChI is InChI=1S/C18H15N3O6/c22-17-11(9-19-20-18(23)14-6-3-7-26-14)16-10-4-1-2-5-13(10)27-15(16)8-12(17)21(24)25/h3,6-9,22H,1-2,4-5H2,(H,20,23)/b19-9-. The van der Waals surface area contributed by atoms with Crippen LogP contribution in [-0.2, 0) is 12.8 Å². The Morgan fingerprint density at radius 1 is 1.37 bits per heavy atom. The van der Waals surface area contributed by atoms with Crippen LogP contribution in [0.1, 0.15) is 40.3 Å². The van der Waals surface area contributed by atoms with E-state index in [9.17, 15) is 20.0 Å². The molecule has 0 bridgehead atoms. The van der Waals surface area contributed by atoms with Gasteiger partial charge in [-0.1, -0.05) is 0 Å². The number of benzene rings is 1. The second-order valence-electron chi connectivity index (χ2n) is 6.18. The van der Waals surface area contributed by atoms with Crippen LogP contribution in [0.25, 0.3) is 11.0 Å². The highest BCUT2D eigenvalue weighted by atomic mass is 16.6. The Morgan fingerprint density at radius 3 is 2.93 bits per heavy atom. The van der Waals surface area contributed by atoms with Gasteiger partial charge in [-0.3, -0.25) is 14.9 Å². The van der Waals surface area contributed by atoms with Gasteiger partial charge in [-0.25, -0.2) is 5.43 Å². The number of aryl methyl sites for hydroxylation is 2. The zero-order valence-electron chi connectivity index (χ0n) is 14.1. The van der Waals surface area contributed by atoms with Gasteiger partial charge in [-0.05, 0) is 31.4 Å². The fraction of sp³-hybridized carbons (Fsp3) is 0.222. The molecule has 1 aromatic carbocycles. The second-order valence-corrected chi connectivity index (χ2v) is 6.18. The van der Waals surface area contributed by atoms with Gasteiger partial charge < -0.3 is 13.9 Å². The number of rotatable bonds is 4. The van der Waals surface area contributed by atoms with Crippen LogP contribution in [0.3, 0.4) is 0 Å². The number of nitrogens with zero attached hydrogens (tertiary/aromatic N) is 2. The van der Waals surface area contributed by atoms with Crippen LogP contribution in [0.5, 0.6) is 5.75 Å². The molecule has 9 nitrogen and oxygen atoms in total. The summed E-state index contributed by atoms with van der Waals surface area (Å²) in [5.41, 5.74) is 3.18. The SMILES string of the molecule is O=C(N/N=C\c1c(O)c([N+](=O)[O-])cc2oc3c(c12)CCCC3)c1ccco1. The summed E-state index contributed by atoms with van der Waals surface area (Å²) in [5, 5.41) is 26.1. The lowest BCUT2D eigenvalue weighted by Crippen LogP contribution is -2.16. The number of amides is 1. The number of hydrogen-bond acceptors (Lipinski definition) is 7. The van der Waals surface area contributed by atoms with E-state index in [2.05, 4.69) is 10.5 Å². The Labute approximate surface area is 152 Å². The summed E-state index contributed by atoms with van der Waals surface area (Å²) in [6, 6.07) is 4.26. The number of carbonyl (C=O) groups is 1. The molecule has 1 aliphatic carbocycles. The number of furan rings is 2. The number of nitrogens with one attached hydrogen (secondary N) is 1. The Kier molecular flexibility index (Phi) is 4.11. The molecule has 0 spiro atoms. The van der Waals surface area contributed by atoms with Crippen molar-refractivity contribution in [3.05, 3.63) is 57.2 Å². The van der Waals surface area contributed by atoms with Crippen LogP contribution in [0.2, 0.25) is 0 Å². The average Bonchev–Trinajstić information content (AvgIpc) is 3.30. The summed E-state index contributed by atoms with van der Waals surface area (Å²) >= 11 is 0. The number of carbonyl (C=O) groups excluding carboxylic acids is 1. The molecule has 138 valence electrons. The van der Waals surface area contributed by atoms with Crippen LogP contribution in [0, 0.1) is 10.1 Å². The lowest BCUT2D eigenvalue weighted by molar-refractivity contribution is -0.385. The molecule has 27 heavy (non-hydrogen) atoms. The lowest BCUT2D eigenvalue weighted by Gasteiger charge is -2.10. The van der Waals surface area contributed by atoms with Gasteiger partial charge >= 0.3 is 11.6 Å². The largest absolute Gasteiger partial charge is 0.502 e. The van der Waals surface area contributed by atoms with E-state index in [4.69, 9.17) is 8.83 Å². The van der Waals surface area contributed by atoms with Crippen molar-refractivity contribution in [1.82, 2.24) is 5.43 Å². The highest BCUT2D eigenvalue weighted by Crippen LogP contribution is 2.41. The second kappa shape index (κ2) is 6.60. The third-order valence-electron chi connectivity index (χ3n) is 4.53. The van der Waals surface area contributed by atoms with Crippen LogP contribution in [0.4, 0.5) is 5.69 Å². The molecule has 0 unspecified atom stereocenters. The number of nitro groups is 1. The molecule has 1 amide bonds. The highest BCUT2D eigenvalue weighted by molar-refractivity contribution is 6.05. The molecule has 0 aliphatic heterocycles. The minimum absolute atomic E-state index is 0.0706. The first kappa shape index (κ1) is 16.8. The third-order valence-corrected chi connectivity index (χ3v) is 4.53. The first-order valence-corrected chi connectivity index (χ1v) is 8.37. The molecule has 0 saturated heterocycles. The quantitative estimate of drug-likeness (QED) is 0.412. The van der Waals surface area contributed by atoms with Gasteiger partial charge in [0.15, 0.2) is 5.76 Å². The number of phenolic OH excluding ortho intramolecular Hbond substituents is 1. The molecule has 2 N–H and O–H groups in total. The predicted octanol–water partition coefficient (Wildman–Crippen LogP) is 3.28. The zero-order valence-corrected chi connectivity index (χ0v) is 14.1. The molecule has 2 heterocycles. The minimum Gasteiger partial charge on any atom is -0.502 e. The van der Waals surface area contributed by atoms with Gasteiger partial charge in [0.05, 0.1) is 29.0 Å². The lowest BCUT2D eigenvalue weighted by atomic mass is 9.93. The summed E-state index contributed by atoms with van der Waals surface area (Å²) in [7, 11) is 0. The molecule has 2 aromatic heterocycles. The number of phenols is 1. The van der Waals surface area contributed by atoms with E-state index in [1.807, 2.05) is 0 Å². The zero-order chi connectivity index (χ0) is 19.0. The van der Waals surface area contributed by atoms with E-state index in [0.717, 1.165) is 37.0 Å². The number of hydrogen-bond donors (Lipinski definition) is 2. The van der Waals surface area contributed by atoms with Gasteiger partial charge in [0.25, 0.3) is 0 Å². The van der Waals surface area contributed by atoms with Crippen LogP contribution < -0.4 is 5.43 Å². The first-order valence-electron chi connectivity index (χ1n) is 8.37. The van der Waals surface area contributed by atoms with Crippen LogP contribution in [-0.4, -0.2) is 22.2 Å². The maximum atomic E-state index is 11.9. The number of hydrazone groups is 1. The molecule has 4 rings (SSSR count). The molecular formula is C18H15N3O6. The van der Waals surface area contributed by atoms with Crippen LogP contribution >= 0.6 is 0 Å². The summed E-state index contributed by atoms with van der Waals surface area (Å²) in [4.78, 5) is 22.5. The molecule has 9 heteroatoms. The monoisotopic (exact) mass is 369 g/mol. The number of fused-ring (bicyclic) bond motifs is 3. The van der Waals surface area contributed by atoms with Gasteiger partial charge in [0.2, 0.25) is 5.75 Å². The first-order chi connectivity index (χ1) is 13.1. The summed E-state index contributed by atoms with van der Waals surface area (Å²) in [5.74, 6) is -0.254. The van der Waals surface area contributed by atoms with E-state index in [-0.39, 0.29) is 11.3 Å². The topological polar surface area (TPSA) is 131 Å². The minimum atomic E-state index is -0.685. The third kappa shape index (κ3) is 2.92. The Morgan fingerprint density at radius 2 is 2.19 bits per heavy atom. The Bertz CT molecular complexity index is 1060. The molecule has 1 aliphatic rings. The predicted molar refractivity (Wildman–Crippen MR) is 94.9 cm³/mol. The molecule has 3 aromatic rings. The smallest absolute Gasteiger partial charge is 0.315 e. The van der Waals surface area contributed by atoms with Crippen molar-refractivity contribution >= 4 is 28.8 Å². The fourth-order valence-corrected chi connectivity index (χ4v) is 3.32. The molecule has 0 fully saturated rings. The van der Waals surface area contributed by atoms with E-state index in [0.29, 0.717) is 11.0 Å². The highest BCUT2D eigenvalue weighted by Gasteiger charge is 2.27. The van der Waals surface area contributed by atoms with Crippen molar-refractivity contribution < 1.29 is 23.7 Å². The molecule has 0 radical (unpaired) electrons. The normalized spacial score (nSPS) is 13.8. The van der Waals surface area contributed by atoms with Crippen molar-refractivity contribution in [1.29, 1.82) is 0 Å². The molecule has 0 saturated carbocycles. The number of nitro benzene ring substituents is 1. The van der Waals surface area contributed by atoms with Crippen molar-refractivity contribution in [3.63, 3.8) is 0 Å². The van der Waals surface area contributed by atoms with Crippen LogP contribution in [0.15, 0.2) is 38.4 Å². The van der Waals surface area contributed by atoms with Crippen molar-refractivity contribution in [2.45, 2.75) is 25.7 Å². The van der Waals surface area contributed by atoms with Crippen molar-refractivity contribution in [3.8, 4) is 5.75 Å². The van der Waals surface area contributed by atoms with Crippen molar-refractivity contribution in [2.24, 2.45) is 5.10 Å². The summed E-state index contributed by atoms with van der Waals surface area (Å²) in [6.45, 7) is 0. The maximum Gasteiger partial charge on any atom is 0.315 e. The average molecular weight is 369 g/mol. The van der Waals surface area contributed by atoms with E-state index < -0.39 is 22.3 Å². The Hall–Kier alpha value is -3.62. The fourth-order valence-electron chi connectivity index (χ4n) is 3.32. The van der Waals surface area contributed by atoms with Gasteiger partial charge in [-0.2, -0.15) is 5.10 Å². The van der Waals surface area contributed by atoms with Crippen molar-refractivity contribution in [2.75, 3.05) is 0 Å². The summed E-state index contributed by atoms with van der Waals surface area (Å²) < 4.78 is 10.7.